The summed E-state index contributed by atoms with van der Waals surface area (Å²) in [4.78, 5) is 11.6. The van der Waals surface area contributed by atoms with E-state index in [0.29, 0.717) is 6.61 Å². The van der Waals surface area contributed by atoms with E-state index >= 15 is 0 Å². The van der Waals surface area contributed by atoms with Crippen LogP contribution < -0.4 is 0 Å². The summed E-state index contributed by atoms with van der Waals surface area (Å²) in [6.07, 6.45) is 13.2. The smallest absolute Gasteiger partial charge is 0.462 e. The highest BCUT2D eigenvalue weighted by Crippen LogP contribution is 2.35. The normalized spacial score (nSPS) is 17.9. The third kappa shape index (κ3) is 10.6. The highest BCUT2D eigenvalue weighted by Gasteiger charge is 2.31. The highest BCUT2D eigenvalue weighted by molar-refractivity contribution is 8.32. The minimum absolute atomic E-state index is 0.0374. The Balaban J connectivity index is 2.50. The van der Waals surface area contributed by atoms with Crippen LogP contribution in [0.5, 0.6) is 0 Å². The number of ether oxygens (including phenoxy) is 1. The molecule has 0 aromatic carbocycles. The van der Waals surface area contributed by atoms with Crippen LogP contribution in [0, 0.1) is 5.92 Å². The average Bonchev–Trinajstić information content (AvgIpc) is 2.33. The van der Waals surface area contributed by atoms with E-state index < -0.39 is 33.5 Å². The lowest BCUT2D eigenvalue weighted by molar-refractivity contribution is -0.137. The van der Waals surface area contributed by atoms with Gasteiger partial charge in [-0.1, -0.05) is 6.42 Å². The minimum Gasteiger partial charge on any atom is -0.462 e. The fourth-order valence-corrected chi connectivity index (χ4v) is 2.52. The topological polar surface area (TPSA) is 35.5 Å². The lowest BCUT2D eigenvalue weighted by Gasteiger charge is -2.24. The lowest BCUT2D eigenvalue weighted by Crippen LogP contribution is -2.11. The van der Waals surface area contributed by atoms with Gasteiger partial charge in [-0.15, -0.1) is 0 Å². The first-order valence-electron chi connectivity index (χ1n) is 7.20. The molecule has 1 rings (SSSR count). The van der Waals surface area contributed by atoms with Gasteiger partial charge in [0.15, 0.2) is 12.0 Å². The van der Waals surface area contributed by atoms with Crippen molar-refractivity contribution in [1.82, 2.24) is 0 Å². The molecule has 1 saturated carbocycles. The van der Waals surface area contributed by atoms with Crippen LogP contribution in [0.3, 0.4) is 0 Å². The monoisotopic (exact) mass is 372 g/mol. The molecule has 0 amide bonds. The maximum Gasteiger partial charge on any atom is 0.479 e. The molecule has 1 aliphatic carbocycles. The van der Waals surface area contributed by atoms with Crippen molar-refractivity contribution in [3.63, 3.8) is 0 Å². The molecule has 0 spiro atoms. The molecule has 134 valence electrons. The first kappa shape index (κ1) is 20.3. The molecule has 0 bridgehead atoms. The zero-order valence-corrected chi connectivity index (χ0v) is 15.2. The SMILES string of the molecule is CS(C)(C)CCOC(=O)/C=C/C(=C\C1CCC1)OSC(F)(F)F. The molecule has 0 N–H and O–H groups in total. The summed E-state index contributed by atoms with van der Waals surface area (Å²) in [5.41, 5.74) is -4.48. The van der Waals surface area contributed by atoms with Gasteiger partial charge in [-0.2, -0.15) is 13.2 Å². The van der Waals surface area contributed by atoms with Gasteiger partial charge < -0.3 is 8.92 Å². The summed E-state index contributed by atoms with van der Waals surface area (Å²) in [6, 6.07) is 0. The molecule has 0 unspecified atom stereocenters. The summed E-state index contributed by atoms with van der Waals surface area (Å²) in [6.45, 7) is 0.307. The van der Waals surface area contributed by atoms with Crippen LogP contribution in [0.4, 0.5) is 13.2 Å². The largest absolute Gasteiger partial charge is 0.479 e. The van der Waals surface area contributed by atoms with Gasteiger partial charge >= 0.3 is 11.5 Å². The molecule has 0 heterocycles. The zero-order valence-electron chi connectivity index (χ0n) is 13.5. The van der Waals surface area contributed by atoms with E-state index in [1.54, 1.807) is 6.08 Å². The zero-order chi connectivity index (χ0) is 17.5. The Bertz CT molecular complexity index is 450. The molecule has 1 aliphatic rings. The predicted octanol–water partition coefficient (Wildman–Crippen LogP) is 4.65. The first-order valence-corrected chi connectivity index (χ1v) is 11.0. The number of allylic oxidation sites excluding steroid dienone is 2. The van der Waals surface area contributed by atoms with Crippen molar-refractivity contribution in [1.29, 1.82) is 0 Å². The number of hydrogen-bond donors (Lipinski definition) is 0. The lowest BCUT2D eigenvalue weighted by atomic mass is 9.85. The second kappa shape index (κ2) is 8.92. The molecule has 3 nitrogen and oxygen atoms in total. The van der Waals surface area contributed by atoms with Crippen molar-refractivity contribution in [3.8, 4) is 0 Å². The Hall–Kier alpha value is -0.760. The molecule has 0 atom stereocenters. The molecular weight excluding hydrogens is 349 g/mol. The predicted molar refractivity (Wildman–Crippen MR) is 90.5 cm³/mol. The van der Waals surface area contributed by atoms with Crippen LogP contribution in [0.2, 0.25) is 0 Å². The van der Waals surface area contributed by atoms with Gasteiger partial charge in [0.05, 0.1) is 6.61 Å². The van der Waals surface area contributed by atoms with Gasteiger partial charge in [0.1, 0.15) is 5.76 Å². The van der Waals surface area contributed by atoms with E-state index in [-0.39, 0.29) is 11.7 Å². The van der Waals surface area contributed by atoms with Gasteiger partial charge in [-0.3, -0.25) is 0 Å². The summed E-state index contributed by atoms with van der Waals surface area (Å²) in [5, 5.41) is 0. The number of hydrogen-bond acceptors (Lipinski definition) is 4. The van der Waals surface area contributed by atoms with E-state index in [2.05, 4.69) is 23.0 Å². The molecule has 8 heteroatoms. The van der Waals surface area contributed by atoms with Crippen molar-refractivity contribution in [2.45, 2.75) is 24.8 Å². The maximum atomic E-state index is 12.2. The number of rotatable bonds is 8. The highest BCUT2D eigenvalue weighted by atomic mass is 32.3. The van der Waals surface area contributed by atoms with Crippen molar-refractivity contribution in [3.05, 3.63) is 24.0 Å². The standard InChI is InChI=1S/C15H23F3O3S2/c1-23(2,3)10-9-20-14(19)8-7-13(11-12-5-4-6-12)21-22-15(16,17)18/h7-8,11-12H,4-6,9-10H2,1-3H3/b8-7+,13-11+. The van der Waals surface area contributed by atoms with E-state index in [1.807, 2.05) is 0 Å². The number of carbonyl (C=O) groups excluding carboxylic acids is 1. The van der Waals surface area contributed by atoms with E-state index in [9.17, 15) is 18.0 Å². The summed E-state index contributed by atoms with van der Waals surface area (Å²) < 4.78 is 46.4. The Morgan fingerprint density at radius 1 is 1.26 bits per heavy atom. The molecular formula is C15H23F3O3S2. The van der Waals surface area contributed by atoms with E-state index in [4.69, 9.17) is 4.74 Å². The van der Waals surface area contributed by atoms with Gasteiger partial charge in [0.2, 0.25) is 0 Å². The number of alkyl halides is 3. The summed E-state index contributed by atoms with van der Waals surface area (Å²) in [7, 11) is -0.753. The molecule has 0 aromatic rings. The van der Waals surface area contributed by atoms with E-state index in [0.717, 1.165) is 31.1 Å². The van der Waals surface area contributed by atoms with Crippen molar-refractivity contribution in [2.75, 3.05) is 31.1 Å². The Morgan fingerprint density at radius 2 is 1.91 bits per heavy atom. The van der Waals surface area contributed by atoms with Crippen LogP contribution in [-0.2, 0) is 13.7 Å². The van der Waals surface area contributed by atoms with Crippen LogP contribution >= 0.6 is 22.1 Å². The second-order valence-corrected chi connectivity index (χ2v) is 11.6. The van der Waals surface area contributed by atoms with E-state index in [1.165, 1.54) is 6.08 Å². The second-order valence-electron chi connectivity index (χ2n) is 6.17. The molecule has 1 fully saturated rings. The quantitative estimate of drug-likeness (QED) is 0.204. The van der Waals surface area contributed by atoms with Crippen LogP contribution in [0.1, 0.15) is 19.3 Å². The van der Waals surface area contributed by atoms with Crippen LogP contribution in [-0.4, -0.2) is 42.6 Å². The Labute approximate surface area is 141 Å². The van der Waals surface area contributed by atoms with Gasteiger partial charge in [-0.05, 0) is 49.7 Å². The average molecular weight is 372 g/mol. The molecule has 23 heavy (non-hydrogen) atoms. The van der Waals surface area contributed by atoms with Crippen molar-refractivity contribution >= 4 is 28.0 Å². The fourth-order valence-electron chi connectivity index (χ4n) is 1.64. The van der Waals surface area contributed by atoms with Gasteiger partial charge in [0, 0.05) is 11.8 Å². The first-order chi connectivity index (χ1) is 10.6. The third-order valence-electron chi connectivity index (χ3n) is 3.11. The molecule has 0 aliphatic heterocycles. The van der Waals surface area contributed by atoms with Crippen LogP contribution in [0.25, 0.3) is 0 Å². The summed E-state index contributed by atoms with van der Waals surface area (Å²) >= 11 is -0.577. The number of esters is 1. The van der Waals surface area contributed by atoms with Gasteiger partial charge in [-0.25, -0.2) is 14.8 Å². The summed E-state index contributed by atoms with van der Waals surface area (Å²) in [5.74, 6) is 0.464. The van der Waals surface area contributed by atoms with Crippen molar-refractivity contribution in [2.24, 2.45) is 5.92 Å². The van der Waals surface area contributed by atoms with Crippen LogP contribution in [0.15, 0.2) is 24.0 Å². The minimum atomic E-state index is -4.48. The molecule has 0 radical (unpaired) electrons. The molecule has 0 saturated heterocycles. The third-order valence-corrected chi connectivity index (χ3v) is 4.96. The number of halogens is 3. The Morgan fingerprint density at radius 3 is 2.39 bits per heavy atom. The maximum absolute atomic E-state index is 12.2. The van der Waals surface area contributed by atoms with Crippen molar-refractivity contribution < 1.29 is 26.9 Å². The van der Waals surface area contributed by atoms with Gasteiger partial charge in [0.25, 0.3) is 0 Å². The fraction of sp³-hybridized carbons (Fsp3) is 0.667. The Kier molecular flexibility index (Phi) is 7.86. The number of carbonyl (C=O) groups is 1. The molecule has 0 aromatic heterocycles.